The highest BCUT2D eigenvalue weighted by atomic mass is 16.1. The van der Waals surface area contributed by atoms with Gasteiger partial charge in [-0.3, -0.25) is 4.79 Å². The number of rotatable bonds is 1. The zero-order valence-corrected chi connectivity index (χ0v) is 8.31. The molecule has 0 amide bonds. The van der Waals surface area contributed by atoms with Crippen LogP contribution in [0.25, 0.3) is 0 Å². The Hall–Kier alpha value is -1.37. The van der Waals surface area contributed by atoms with E-state index >= 15 is 0 Å². The van der Waals surface area contributed by atoms with Crippen LogP contribution in [-0.4, -0.2) is 5.78 Å². The summed E-state index contributed by atoms with van der Waals surface area (Å²) < 4.78 is 0. The third-order valence-corrected chi connectivity index (χ3v) is 2.79. The first-order valence-corrected chi connectivity index (χ1v) is 5.03. The molecular formula is C13H14O. The van der Waals surface area contributed by atoms with Crippen LogP contribution in [0.2, 0.25) is 0 Å². The van der Waals surface area contributed by atoms with E-state index in [1.54, 1.807) is 0 Å². The summed E-state index contributed by atoms with van der Waals surface area (Å²) in [5.74, 6) is 0.742. The normalized spacial score (nSPS) is 26.5. The molecule has 0 saturated heterocycles. The number of hydrogen-bond donors (Lipinski definition) is 0. The number of allylic oxidation sites excluding steroid dienone is 2. The molecule has 1 unspecified atom stereocenters. The van der Waals surface area contributed by atoms with Crippen molar-refractivity contribution in [2.24, 2.45) is 5.92 Å². The van der Waals surface area contributed by atoms with Gasteiger partial charge in [-0.25, -0.2) is 0 Å². The lowest BCUT2D eigenvalue weighted by atomic mass is 9.79. The van der Waals surface area contributed by atoms with Crippen LogP contribution in [0.5, 0.6) is 0 Å². The van der Waals surface area contributed by atoms with Gasteiger partial charge in [-0.15, -0.1) is 0 Å². The van der Waals surface area contributed by atoms with Crippen molar-refractivity contribution in [1.82, 2.24) is 0 Å². The first-order valence-electron chi connectivity index (χ1n) is 5.03. The van der Waals surface area contributed by atoms with Gasteiger partial charge >= 0.3 is 0 Å². The molecule has 1 heteroatoms. The maximum Gasteiger partial charge on any atom is 0.144 e. The van der Waals surface area contributed by atoms with Crippen LogP contribution >= 0.6 is 0 Å². The molecule has 1 aromatic carbocycles. The first-order chi connectivity index (χ1) is 6.79. The van der Waals surface area contributed by atoms with Crippen molar-refractivity contribution in [1.29, 1.82) is 0 Å². The minimum absolute atomic E-state index is 0.0706. The summed E-state index contributed by atoms with van der Waals surface area (Å²) in [5, 5.41) is 0. The maximum absolute atomic E-state index is 11.8. The largest absolute Gasteiger partial charge is 0.299 e. The Kier molecular flexibility index (Phi) is 2.49. The van der Waals surface area contributed by atoms with E-state index in [4.69, 9.17) is 0 Å². The number of carbonyl (C=O) groups excluding carboxylic acids is 1. The van der Waals surface area contributed by atoms with Crippen molar-refractivity contribution in [3.05, 3.63) is 48.0 Å². The van der Waals surface area contributed by atoms with Crippen molar-refractivity contribution in [2.75, 3.05) is 0 Å². The molecule has 0 heterocycles. The summed E-state index contributed by atoms with van der Waals surface area (Å²) in [6.45, 7) is 2.10. The standard InChI is InChI=1S/C13H14O/c1-10-6-5-9-12(14)13(10)11-7-3-2-4-8-11/h2-8,10,13H,9H2,1H3/t10-,13?/m1/s1. The molecule has 14 heavy (non-hydrogen) atoms. The highest BCUT2D eigenvalue weighted by Crippen LogP contribution is 2.30. The van der Waals surface area contributed by atoms with Gasteiger partial charge in [0.05, 0.1) is 0 Å². The van der Waals surface area contributed by atoms with Crippen LogP contribution in [0.4, 0.5) is 0 Å². The molecule has 0 aliphatic heterocycles. The molecule has 0 spiro atoms. The van der Waals surface area contributed by atoms with Crippen molar-refractivity contribution in [3.63, 3.8) is 0 Å². The predicted molar refractivity (Wildman–Crippen MR) is 57.1 cm³/mol. The fraction of sp³-hybridized carbons (Fsp3) is 0.308. The molecule has 72 valence electrons. The smallest absolute Gasteiger partial charge is 0.144 e. The minimum atomic E-state index is 0.0706. The van der Waals surface area contributed by atoms with Crippen molar-refractivity contribution in [3.8, 4) is 0 Å². The Labute approximate surface area is 84.5 Å². The second kappa shape index (κ2) is 3.79. The van der Waals surface area contributed by atoms with Gasteiger partial charge in [0.2, 0.25) is 0 Å². The average Bonchev–Trinajstić information content (AvgIpc) is 2.19. The molecule has 0 radical (unpaired) electrons. The second-order valence-corrected chi connectivity index (χ2v) is 3.85. The van der Waals surface area contributed by atoms with Crippen LogP contribution in [0.15, 0.2) is 42.5 Å². The van der Waals surface area contributed by atoms with Crippen LogP contribution in [0, 0.1) is 5.92 Å². The summed E-state index contributed by atoms with van der Waals surface area (Å²) in [7, 11) is 0. The van der Waals surface area contributed by atoms with Crippen molar-refractivity contribution >= 4 is 5.78 Å². The molecule has 1 aliphatic rings. The molecule has 1 aliphatic carbocycles. The van der Waals surface area contributed by atoms with E-state index in [1.165, 1.54) is 0 Å². The molecule has 0 saturated carbocycles. The third kappa shape index (κ3) is 1.63. The van der Waals surface area contributed by atoms with Crippen LogP contribution < -0.4 is 0 Å². The van der Waals surface area contributed by atoms with Gasteiger partial charge < -0.3 is 0 Å². The van der Waals surface area contributed by atoms with Gasteiger partial charge in [-0.1, -0.05) is 49.4 Å². The zero-order valence-electron chi connectivity index (χ0n) is 8.31. The monoisotopic (exact) mass is 186 g/mol. The number of hydrogen-bond acceptors (Lipinski definition) is 1. The van der Waals surface area contributed by atoms with Crippen LogP contribution in [-0.2, 0) is 4.79 Å². The van der Waals surface area contributed by atoms with Gasteiger partial charge in [0, 0.05) is 12.3 Å². The van der Waals surface area contributed by atoms with E-state index in [9.17, 15) is 4.79 Å². The van der Waals surface area contributed by atoms with Crippen molar-refractivity contribution < 1.29 is 4.79 Å². The van der Waals surface area contributed by atoms with Crippen LogP contribution in [0.1, 0.15) is 24.8 Å². The van der Waals surface area contributed by atoms with Gasteiger partial charge in [0.1, 0.15) is 5.78 Å². The summed E-state index contributed by atoms with van der Waals surface area (Å²) in [6.07, 6.45) is 4.70. The molecule has 2 atom stereocenters. The summed E-state index contributed by atoms with van der Waals surface area (Å²) >= 11 is 0. The van der Waals surface area contributed by atoms with E-state index in [0.717, 1.165) is 5.56 Å². The Morgan fingerprint density at radius 2 is 1.93 bits per heavy atom. The summed E-state index contributed by atoms with van der Waals surface area (Å²) in [4.78, 5) is 11.8. The maximum atomic E-state index is 11.8. The third-order valence-electron chi connectivity index (χ3n) is 2.79. The quantitative estimate of drug-likeness (QED) is 0.616. The number of carbonyl (C=O) groups is 1. The number of ketones is 1. The Morgan fingerprint density at radius 1 is 1.21 bits per heavy atom. The molecule has 0 bridgehead atoms. The zero-order chi connectivity index (χ0) is 9.97. The average molecular weight is 186 g/mol. The Bertz CT molecular complexity index is 351. The lowest BCUT2D eigenvalue weighted by Gasteiger charge is -2.23. The lowest BCUT2D eigenvalue weighted by molar-refractivity contribution is -0.120. The van der Waals surface area contributed by atoms with Crippen molar-refractivity contribution in [2.45, 2.75) is 19.3 Å². The molecule has 2 rings (SSSR count). The van der Waals surface area contributed by atoms with Gasteiger partial charge in [-0.05, 0) is 11.5 Å². The number of benzene rings is 1. The summed E-state index contributed by atoms with van der Waals surface area (Å²) in [5.41, 5.74) is 1.15. The van der Waals surface area contributed by atoms with E-state index in [2.05, 4.69) is 13.0 Å². The minimum Gasteiger partial charge on any atom is -0.299 e. The van der Waals surface area contributed by atoms with Gasteiger partial charge in [0.15, 0.2) is 0 Å². The van der Waals surface area contributed by atoms with E-state index < -0.39 is 0 Å². The molecular weight excluding hydrogens is 172 g/mol. The molecule has 1 aromatic rings. The highest BCUT2D eigenvalue weighted by molar-refractivity contribution is 5.88. The van der Waals surface area contributed by atoms with Crippen LogP contribution in [0.3, 0.4) is 0 Å². The topological polar surface area (TPSA) is 17.1 Å². The fourth-order valence-electron chi connectivity index (χ4n) is 2.08. The molecule has 0 aromatic heterocycles. The van der Waals surface area contributed by atoms with E-state index in [-0.39, 0.29) is 5.92 Å². The summed E-state index contributed by atoms with van der Waals surface area (Å²) in [6, 6.07) is 10.1. The second-order valence-electron chi connectivity index (χ2n) is 3.85. The first kappa shape index (κ1) is 9.20. The molecule has 0 fully saturated rings. The SMILES string of the molecule is C[C@@H]1C=CCC(=O)C1c1ccccc1. The molecule has 0 N–H and O–H groups in total. The molecule has 1 nitrogen and oxygen atoms in total. The van der Waals surface area contributed by atoms with Gasteiger partial charge in [-0.2, -0.15) is 0 Å². The Morgan fingerprint density at radius 3 is 2.57 bits per heavy atom. The Balaban J connectivity index is 2.33. The predicted octanol–water partition coefficient (Wildman–Crippen LogP) is 2.94. The highest BCUT2D eigenvalue weighted by Gasteiger charge is 2.26. The number of Topliss-reactive ketones (excluding diaryl/α,β-unsaturated/α-hetero) is 1. The van der Waals surface area contributed by atoms with E-state index in [1.807, 2.05) is 36.4 Å². The van der Waals surface area contributed by atoms with Gasteiger partial charge in [0.25, 0.3) is 0 Å². The van der Waals surface area contributed by atoms with E-state index in [0.29, 0.717) is 18.1 Å². The lowest BCUT2D eigenvalue weighted by Crippen LogP contribution is -2.21. The fourth-order valence-corrected chi connectivity index (χ4v) is 2.08.